The summed E-state index contributed by atoms with van der Waals surface area (Å²) in [5, 5.41) is 4.54. The zero-order valence-corrected chi connectivity index (χ0v) is 15.4. The van der Waals surface area contributed by atoms with Crippen molar-refractivity contribution in [1.82, 2.24) is 9.78 Å². The van der Waals surface area contributed by atoms with E-state index in [4.69, 9.17) is 4.74 Å². The smallest absolute Gasteiger partial charge is 0.320 e. The number of ether oxygens (including phenoxy) is 1. The highest BCUT2D eigenvalue weighted by molar-refractivity contribution is 5.89. The molecule has 138 valence electrons. The van der Waals surface area contributed by atoms with Crippen LogP contribution < -0.4 is 0 Å². The molecule has 0 bridgehead atoms. The van der Waals surface area contributed by atoms with E-state index in [1.165, 1.54) is 13.2 Å². The standard InChI is InChI=1S/C22H21FN2O2/c1-15-17(9-6-10-19(15)23)22(21(26)27-2)12-11-20-18(22)13-24-25(20)14-16-7-4-3-5-8-16/h3-10,13H,11-12,14H2,1-2H3/t22-/m1/s1. The van der Waals surface area contributed by atoms with Gasteiger partial charge in [0.25, 0.3) is 0 Å². The van der Waals surface area contributed by atoms with Crippen molar-refractivity contribution >= 4 is 5.97 Å². The topological polar surface area (TPSA) is 44.1 Å². The molecule has 4 rings (SSSR count). The Bertz CT molecular complexity index is 997. The van der Waals surface area contributed by atoms with E-state index in [1.54, 1.807) is 19.2 Å². The quantitative estimate of drug-likeness (QED) is 0.662. The van der Waals surface area contributed by atoms with Crippen LogP contribution in [-0.2, 0) is 27.9 Å². The molecule has 4 nitrogen and oxygen atoms in total. The summed E-state index contributed by atoms with van der Waals surface area (Å²) in [5.74, 6) is -0.685. The number of rotatable bonds is 4. The van der Waals surface area contributed by atoms with Gasteiger partial charge < -0.3 is 4.74 Å². The van der Waals surface area contributed by atoms with E-state index in [-0.39, 0.29) is 11.8 Å². The lowest BCUT2D eigenvalue weighted by Gasteiger charge is -2.28. The van der Waals surface area contributed by atoms with E-state index < -0.39 is 5.41 Å². The SMILES string of the molecule is COC(=O)[C@@]1(c2cccc(F)c2C)CCc2c1cnn2Cc1ccccc1. The van der Waals surface area contributed by atoms with Crippen molar-refractivity contribution in [3.8, 4) is 0 Å². The number of methoxy groups -OCH3 is 1. The first-order valence-electron chi connectivity index (χ1n) is 9.01. The molecule has 2 aromatic carbocycles. The number of hydrogen-bond acceptors (Lipinski definition) is 3. The third-order valence-corrected chi connectivity index (χ3v) is 5.58. The van der Waals surface area contributed by atoms with E-state index in [9.17, 15) is 9.18 Å². The average molecular weight is 364 g/mol. The highest BCUT2D eigenvalue weighted by atomic mass is 19.1. The monoisotopic (exact) mass is 364 g/mol. The minimum absolute atomic E-state index is 0.319. The third kappa shape index (κ3) is 2.65. The normalized spacial score (nSPS) is 18.3. The molecule has 3 aromatic rings. The zero-order valence-electron chi connectivity index (χ0n) is 15.4. The highest BCUT2D eigenvalue weighted by Crippen LogP contribution is 2.46. The van der Waals surface area contributed by atoms with Gasteiger partial charge in [0, 0.05) is 11.3 Å². The zero-order chi connectivity index (χ0) is 19.0. The molecule has 0 spiro atoms. The summed E-state index contributed by atoms with van der Waals surface area (Å²) in [4.78, 5) is 12.9. The van der Waals surface area contributed by atoms with Crippen LogP contribution in [0.1, 0.15) is 34.4 Å². The Labute approximate surface area is 157 Å². The number of benzene rings is 2. The first-order valence-corrected chi connectivity index (χ1v) is 9.01. The number of aromatic nitrogens is 2. The van der Waals surface area contributed by atoms with Crippen LogP contribution in [0.3, 0.4) is 0 Å². The minimum atomic E-state index is -1.01. The molecule has 1 aromatic heterocycles. The number of halogens is 1. The molecular weight excluding hydrogens is 343 g/mol. The van der Waals surface area contributed by atoms with Crippen LogP contribution in [0.25, 0.3) is 0 Å². The Morgan fingerprint density at radius 2 is 1.96 bits per heavy atom. The molecule has 0 radical (unpaired) electrons. The third-order valence-electron chi connectivity index (χ3n) is 5.58. The summed E-state index contributed by atoms with van der Waals surface area (Å²) < 4.78 is 21.4. The summed E-state index contributed by atoms with van der Waals surface area (Å²) in [6.07, 6.45) is 2.98. The molecule has 27 heavy (non-hydrogen) atoms. The maximum Gasteiger partial charge on any atom is 0.320 e. The van der Waals surface area contributed by atoms with Crippen molar-refractivity contribution in [2.75, 3.05) is 7.11 Å². The van der Waals surface area contributed by atoms with E-state index >= 15 is 0 Å². The highest BCUT2D eigenvalue weighted by Gasteiger charge is 2.50. The predicted molar refractivity (Wildman–Crippen MR) is 100 cm³/mol. The number of nitrogens with zero attached hydrogens (tertiary/aromatic N) is 2. The molecule has 0 unspecified atom stereocenters. The summed E-state index contributed by atoms with van der Waals surface area (Å²) in [5.41, 5.74) is 3.09. The number of esters is 1. The van der Waals surface area contributed by atoms with Crippen molar-refractivity contribution in [3.05, 3.63) is 88.5 Å². The van der Waals surface area contributed by atoms with Crippen LogP contribution >= 0.6 is 0 Å². The second-order valence-corrected chi connectivity index (χ2v) is 6.96. The Balaban J connectivity index is 1.84. The largest absolute Gasteiger partial charge is 0.468 e. The molecule has 1 aliphatic carbocycles. The van der Waals surface area contributed by atoms with Crippen LogP contribution in [0.15, 0.2) is 54.7 Å². The Hall–Kier alpha value is -2.95. The van der Waals surface area contributed by atoms with E-state index in [2.05, 4.69) is 5.10 Å². The molecule has 1 aliphatic rings. The fourth-order valence-electron chi connectivity index (χ4n) is 4.21. The van der Waals surface area contributed by atoms with E-state index in [0.717, 1.165) is 16.8 Å². The van der Waals surface area contributed by atoms with Gasteiger partial charge in [0.2, 0.25) is 0 Å². The lowest BCUT2D eigenvalue weighted by atomic mass is 9.74. The summed E-state index contributed by atoms with van der Waals surface area (Å²) >= 11 is 0. The average Bonchev–Trinajstić information content (AvgIpc) is 3.26. The van der Waals surface area contributed by atoms with Crippen molar-refractivity contribution in [2.45, 2.75) is 31.7 Å². The Morgan fingerprint density at radius 1 is 1.19 bits per heavy atom. The summed E-state index contributed by atoms with van der Waals surface area (Å²) in [6.45, 7) is 2.34. The van der Waals surface area contributed by atoms with E-state index in [1.807, 2.05) is 41.1 Å². The second kappa shape index (κ2) is 6.65. The number of hydrogen-bond donors (Lipinski definition) is 0. The molecule has 0 saturated carbocycles. The van der Waals surface area contributed by atoms with Gasteiger partial charge in [0.1, 0.15) is 11.2 Å². The Morgan fingerprint density at radius 3 is 2.70 bits per heavy atom. The van der Waals surface area contributed by atoms with Crippen LogP contribution in [0, 0.1) is 12.7 Å². The number of carbonyl (C=O) groups excluding carboxylic acids is 1. The second-order valence-electron chi connectivity index (χ2n) is 6.96. The first-order chi connectivity index (χ1) is 13.1. The van der Waals surface area contributed by atoms with Gasteiger partial charge in [-0.15, -0.1) is 0 Å². The van der Waals surface area contributed by atoms with Gasteiger partial charge in [-0.1, -0.05) is 42.5 Å². The van der Waals surface area contributed by atoms with Crippen molar-refractivity contribution in [2.24, 2.45) is 0 Å². The van der Waals surface area contributed by atoms with Gasteiger partial charge in [-0.25, -0.2) is 4.39 Å². The number of carbonyl (C=O) groups is 1. The fraction of sp³-hybridized carbons (Fsp3) is 0.273. The predicted octanol–water partition coefficient (Wildman–Crippen LogP) is 3.78. The van der Waals surface area contributed by atoms with Crippen molar-refractivity contribution in [1.29, 1.82) is 0 Å². The van der Waals surface area contributed by atoms with Gasteiger partial charge >= 0.3 is 5.97 Å². The van der Waals surface area contributed by atoms with Gasteiger partial charge in [-0.3, -0.25) is 9.48 Å². The molecule has 0 aliphatic heterocycles. The maximum absolute atomic E-state index is 14.3. The summed E-state index contributed by atoms with van der Waals surface area (Å²) in [6, 6.07) is 14.9. The Kier molecular flexibility index (Phi) is 4.30. The molecule has 0 amide bonds. The molecule has 0 N–H and O–H groups in total. The van der Waals surface area contributed by atoms with Crippen molar-refractivity contribution in [3.63, 3.8) is 0 Å². The molecule has 1 heterocycles. The van der Waals surface area contributed by atoms with Crippen LogP contribution in [0.4, 0.5) is 4.39 Å². The lowest BCUT2D eigenvalue weighted by molar-refractivity contribution is -0.145. The van der Waals surface area contributed by atoms with E-state index in [0.29, 0.717) is 30.5 Å². The molecule has 0 fully saturated rings. The van der Waals surface area contributed by atoms with Crippen LogP contribution in [0.5, 0.6) is 0 Å². The maximum atomic E-state index is 14.3. The van der Waals surface area contributed by atoms with Gasteiger partial charge in [0.05, 0.1) is 19.9 Å². The molecular formula is C22H21FN2O2. The fourth-order valence-corrected chi connectivity index (χ4v) is 4.21. The van der Waals surface area contributed by atoms with Gasteiger partial charge in [-0.05, 0) is 42.5 Å². The molecule has 1 atom stereocenters. The molecule has 5 heteroatoms. The van der Waals surface area contributed by atoms with Crippen LogP contribution in [0.2, 0.25) is 0 Å². The van der Waals surface area contributed by atoms with Crippen LogP contribution in [-0.4, -0.2) is 22.9 Å². The first kappa shape index (κ1) is 17.5. The minimum Gasteiger partial charge on any atom is -0.468 e. The van der Waals surface area contributed by atoms with Gasteiger partial charge in [0.15, 0.2) is 0 Å². The molecule has 0 saturated heterocycles. The number of fused-ring (bicyclic) bond motifs is 1. The van der Waals surface area contributed by atoms with Gasteiger partial charge in [-0.2, -0.15) is 5.10 Å². The van der Waals surface area contributed by atoms with Crippen molar-refractivity contribution < 1.29 is 13.9 Å². The summed E-state index contributed by atoms with van der Waals surface area (Å²) in [7, 11) is 1.38. The lowest BCUT2D eigenvalue weighted by Crippen LogP contribution is -2.36.